The van der Waals surface area contributed by atoms with Gasteiger partial charge in [0.05, 0.1) is 4.47 Å². The summed E-state index contributed by atoms with van der Waals surface area (Å²) < 4.78 is 6.38. The van der Waals surface area contributed by atoms with Gasteiger partial charge in [-0.1, -0.05) is 36.4 Å². The highest BCUT2D eigenvalue weighted by Gasteiger charge is 1.98. The highest BCUT2D eigenvalue weighted by atomic mass is 79.9. The number of halogens is 1. The molecule has 0 bridgehead atoms. The molecule has 0 unspecified atom stereocenters. The molecule has 1 aromatic carbocycles. The van der Waals surface area contributed by atoms with Crippen molar-refractivity contribution in [1.82, 2.24) is 4.98 Å². The lowest BCUT2D eigenvalue weighted by Gasteiger charge is -2.03. The van der Waals surface area contributed by atoms with Crippen molar-refractivity contribution in [2.45, 2.75) is 0 Å². The molecule has 0 radical (unpaired) electrons. The third kappa shape index (κ3) is 3.71. The number of nitrogens with zero attached hydrogens (tertiary/aromatic N) is 1. The highest BCUT2D eigenvalue weighted by molar-refractivity contribution is 9.10. The molecule has 0 amide bonds. The van der Waals surface area contributed by atoms with Gasteiger partial charge in [-0.3, -0.25) is 0 Å². The molecule has 2 rings (SSSR count). The Labute approximate surface area is 109 Å². The monoisotopic (exact) mass is 289 g/mol. The topological polar surface area (TPSA) is 22.1 Å². The minimum Gasteiger partial charge on any atom is -0.473 e. The number of benzene rings is 1. The fourth-order valence-corrected chi connectivity index (χ4v) is 1.72. The van der Waals surface area contributed by atoms with Gasteiger partial charge in [0.15, 0.2) is 0 Å². The second kappa shape index (κ2) is 6.21. The second-order valence-electron chi connectivity index (χ2n) is 3.41. The van der Waals surface area contributed by atoms with E-state index in [1.54, 1.807) is 6.20 Å². The zero-order valence-electron chi connectivity index (χ0n) is 9.21. The van der Waals surface area contributed by atoms with Crippen LogP contribution >= 0.6 is 15.9 Å². The summed E-state index contributed by atoms with van der Waals surface area (Å²) in [5.74, 6) is 0.616. The van der Waals surface area contributed by atoms with Gasteiger partial charge < -0.3 is 4.74 Å². The smallest absolute Gasteiger partial charge is 0.228 e. The van der Waals surface area contributed by atoms with Crippen molar-refractivity contribution in [3.05, 3.63) is 64.8 Å². The second-order valence-corrected chi connectivity index (χ2v) is 4.27. The van der Waals surface area contributed by atoms with Gasteiger partial charge in [-0.15, -0.1) is 0 Å². The molecule has 0 saturated carbocycles. The first-order valence-electron chi connectivity index (χ1n) is 5.31. The minimum atomic E-state index is 0.504. The van der Waals surface area contributed by atoms with Crippen molar-refractivity contribution < 1.29 is 4.74 Å². The number of ether oxygens (including phenoxy) is 1. The predicted molar refractivity (Wildman–Crippen MR) is 72.9 cm³/mol. The Morgan fingerprint density at radius 2 is 1.94 bits per heavy atom. The molecule has 0 saturated heterocycles. The average molecular weight is 290 g/mol. The van der Waals surface area contributed by atoms with Crippen LogP contribution in [0.4, 0.5) is 0 Å². The molecule has 0 spiro atoms. The summed E-state index contributed by atoms with van der Waals surface area (Å²) in [5.41, 5.74) is 1.16. The SMILES string of the molecule is Brc1cccnc1OC/C=C/c1ccccc1. The summed E-state index contributed by atoms with van der Waals surface area (Å²) >= 11 is 3.38. The molecule has 0 atom stereocenters. The van der Waals surface area contributed by atoms with Crippen LogP contribution in [0.1, 0.15) is 5.56 Å². The highest BCUT2D eigenvalue weighted by Crippen LogP contribution is 2.20. The van der Waals surface area contributed by atoms with Gasteiger partial charge in [-0.25, -0.2) is 4.98 Å². The van der Waals surface area contributed by atoms with Gasteiger partial charge in [0.2, 0.25) is 5.88 Å². The van der Waals surface area contributed by atoms with Crippen LogP contribution in [0.3, 0.4) is 0 Å². The molecule has 2 nitrogen and oxygen atoms in total. The third-order valence-electron chi connectivity index (χ3n) is 2.15. The lowest BCUT2D eigenvalue weighted by atomic mass is 10.2. The summed E-state index contributed by atoms with van der Waals surface area (Å²) in [7, 11) is 0. The van der Waals surface area contributed by atoms with E-state index in [1.165, 1.54) is 0 Å². The molecule has 3 heteroatoms. The standard InChI is InChI=1S/C14H12BrNO/c15-13-9-4-10-16-14(13)17-11-5-8-12-6-2-1-3-7-12/h1-10H,11H2/b8-5+. The first kappa shape index (κ1) is 11.9. The van der Waals surface area contributed by atoms with Crippen molar-refractivity contribution in [2.75, 3.05) is 6.61 Å². The van der Waals surface area contributed by atoms with E-state index in [0.29, 0.717) is 12.5 Å². The van der Waals surface area contributed by atoms with Crippen molar-refractivity contribution in [1.29, 1.82) is 0 Å². The fraction of sp³-hybridized carbons (Fsp3) is 0.0714. The normalized spacial score (nSPS) is 10.6. The van der Waals surface area contributed by atoms with E-state index in [-0.39, 0.29) is 0 Å². The zero-order chi connectivity index (χ0) is 11.9. The van der Waals surface area contributed by atoms with E-state index < -0.39 is 0 Å². The Hall–Kier alpha value is -1.61. The lowest BCUT2D eigenvalue weighted by molar-refractivity contribution is 0.346. The molecule has 1 heterocycles. The van der Waals surface area contributed by atoms with Crippen LogP contribution in [0, 0.1) is 0 Å². The van der Waals surface area contributed by atoms with Crippen molar-refractivity contribution >= 4 is 22.0 Å². The van der Waals surface area contributed by atoms with Crippen LogP contribution in [0.15, 0.2) is 59.2 Å². The number of hydrogen-bond donors (Lipinski definition) is 0. The number of rotatable bonds is 4. The maximum atomic E-state index is 5.51. The third-order valence-corrected chi connectivity index (χ3v) is 2.75. The number of hydrogen-bond acceptors (Lipinski definition) is 2. The Morgan fingerprint density at radius 1 is 1.12 bits per heavy atom. The molecule has 0 aliphatic rings. The first-order valence-corrected chi connectivity index (χ1v) is 6.10. The molecule has 0 aliphatic carbocycles. The van der Waals surface area contributed by atoms with Crippen molar-refractivity contribution in [2.24, 2.45) is 0 Å². The van der Waals surface area contributed by atoms with Gasteiger partial charge in [0, 0.05) is 6.20 Å². The van der Waals surface area contributed by atoms with Crippen LogP contribution in [0.25, 0.3) is 6.08 Å². The Bertz CT molecular complexity index is 497. The van der Waals surface area contributed by atoms with Gasteiger partial charge >= 0.3 is 0 Å². The van der Waals surface area contributed by atoms with Crippen LogP contribution in [-0.4, -0.2) is 11.6 Å². The summed E-state index contributed by atoms with van der Waals surface area (Å²) in [4.78, 5) is 4.12. The Kier molecular flexibility index (Phi) is 4.33. The van der Waals surface area contributed by atoms with Gasteiger partial charge in [0.25, 0.3) is 0 Å². The quantitative estimate of drug-likeness (QED) is 0.851. The van der Waals surface area contributed by atoms with Gasteiger partial charge in [0.1, 0.15) is 6.61 Å². The molecule has 2 aromatic rings. The predicted octanol–water partition coefficient (Wildman–Crippen LogP) is 3.94. The fourth-order valence-electron chi connectivity index (χ4n) is 1.35. The molecular formula is C14H12BrNO. The summed E-state index contributed by atoms with van der Waals surface area (Å²) in [5, 5.41) is 0. The van der Waals surface area contributed by atoms with Crippen LogP contribution < -0.4 is 4.74 Å². The molecule has 0 fully saturated rings. The maximum Gasteiger partial charge on any atom is 0.228 e. The van der Waals surface area contributed by atoms with E-state index >= 15 is 0 Å². The summed E-state index contributed by atoms with van der Waals surface area (Å²) in [6, 6.07) is 13.9. The van der Waals surface area contributed by atoms with E-state index in [2.05, 4.69) is 20.9 Å². The molecule has 1 aromatic heterocycles. The maximum absolute atomic E-state index is 5.51. The van der Waals surface area contributed by atoms with Crippen LogP contribution in [0.5, 0.6) is 5.88 Å². The van der Waals surface area contributed by atoms with Gasteiger partial charge in [-0.2, -0.15) is 0 Å². The Morgan fingerprint density at radius 3 is 2.71 bits per heavy atom. The molecule has 0 N–H and O–H groups in total. The first-order chi connectivity index (χ1) is 8.36. The average Bonchev–Trinajstić information content (AvgIpc) is 2.38. The van der Waals surface area contributed by atoms with Crippen molar-refractivity contribution in [3.63, 3.8) is 0 Å². The van der Waals surface area contributed by atoms with E-state index in [0.717, 1.165) is 10.0 Å². The zero-order valence-corrected chi connectivity index (χ0v) is 10.8. The molecular weight excluding hydrogens is 278 g/mol. The number of pyridine rings is 1. The molecule has 17 heavy (non-hydrogen) atoms. The van der Waals surface area contributed by atoms with Crippen LogP contribution in [-0.2, 0) is 0 Å². The van der Waals surface area contributed by atoms with Gasteiger partial charge in [-0.05, 0) is 39.7 Å². The van der Waals surface area contributed by atoms with E-state index in [1.807, 2.05) is 54.6 Å². The van der Waals surface area contributed by atoms with E-state index in [4.69, 9.17) is 4.74 Å². The van der Waals surface area contributed by atoms with Crippen molar-refractivity contribution in [3.8, 4) is 5.88 Å². The Balaban J connectivity index is 1.88. The lowest BCUT2D eigenvalue weighted by Crippen LogP contribution is -1.96. The number of aromatic nitrogens is 1. The van der Waals surface area contributed by atoms with E-state index in [9.17, 15) is 0 Å². The molecule has 86 valence electrons. The molecule has 0 aliphatic heterocycles. The summed E-state index contributed by atoms with van der Waals surface area (Å²) in [6.45, 7) is 0.504. The largest absolute Gasteiger partial charge is 0.473 e. The van der Waals surface area contributed by atoms with Crippen LogP contribution in [0.2, 0.25) is 0 Å². The summed E-state index contributed by atoms with van der Waals surface area (Å²) in [6.07, 6.45) is 5.70. The minimum absolute atomic E-state index is 0.504.